The van der Waals surface area contributed by atoms with Crippen molar-refractivity contribution in [2.45, 2.75) is 10.6 Å². The molecule has 0 bridgehead atoms. The van der Waals surface area contributed by atoms with Crippen LogP contribution in [-0.2, 0) is 5.75 Å². The van der Waals surface area contributed by atoms with E-state index in [0.29, 0.717) is 10.7 Å². The molecule has 0 aliphatic carbocycles. The highest BCUT2D eigenvalue weighted by Gasteiger charge is 2.02. The third-order valence-electron chi connectivity index (χ3n) is 1.81. The minimum absolute atomic E-state index is 0.693. The Morgan fingerprint density at radius 1 is 1.47 bits per heavy atom. The van der Waals surface area contributed by atoms with E-state index in [1.807, 2.05) is 23.0 Å². The zero-order chi connectivity index (χ0) is 10.7. The van der Waals surface area contributed by atoms with Gasteiger partial charge in [0.2, 0.25) is 0 Å². The monoisotopic (exact) mass is 256 g/mol. The first-order valence-corrected chi connectivity index (χ1v) is 6.61. The molecule has 15 heavy (non-hydrogen) atoms. The van der Waals surface area contributed by atoms with Crippen LogP contribution >= 0.6 is 34.7 Å². The van der Waals surface area contributed by atoms with Crippen molar-refractivity contribution in [3.05, 3.63) is 39.8 Å². The molecule has 1 heterocycles. The van der Waals surface area contributed by atoms with E-state index in [2.05, 4.69) is 4.98 Å². The fourth-order valence-electron chi connectivity index (χ4n) is 1.09. The van der Waals surface area contributed by atoms with Crippen molar-refractivity contribution in [3.63, 3.8) is 0 Å². The highest BCUT2D eigenvalue weighted by atomic mass is 35.5. The second kappa shape index (κ2) is 4.88. The lowest BCUT2D eigenvalue weighted by molar-refractivity contribution is 1.23. The third-order valence-corrected chi connectivity index (χ3v) is 3.98. The van der Waals surface area contributed by atoms with Gasteiger partial charge in [0.25, 0.3) is 0 Å². The van der Waals surface area contributed by atoms with Crippen LogP contribution < -0.4 is 5.73 Å². The molecule has 5 heteroatoms. The molecule has 2 aromatic rings. The van der Waals surface area contributed by atoms with Gasteiger partial charge in [0, 0.05) is 21.7 Å². The molecule has 0 fully saturated rings. The Labute approximate surface area is 101 Å². The maximum atomic E-state index is 6.05. The van der Waals surface area contributed by atoms with Gasteiger partial charge in [0.15, 0.2) is 0 Å². The van der Waals surface area contributed by atoms with Crippen molar-refractivity contribution in [1.82, 2.24) is 4.98 Å². The Kier molecular flexibility index (Phi) is 3.51. The molecule has 1 aromatic heterocycles. The van der Waals surface area contributed by atoms with Gasteiger partial charge in [-0.15, -0.1) is 23.1 Å². The van der Waals surface area contributed by atoms with E-state index in [4.69, 9.17) is 17.3 Å². The number of halogens is 1. The Morgan fingerprint density at radius 2 is 2.33 bits per heavy atom. The van der Waals surface area contributed by atoms with Crippen LogP contribution in [0.5, 0.6) is 0 Å². The van der Waals surface area contributed by atoms with Crippen molar-refractivity contribution in [3.8, 4) is 0 Å². The van der Waals surface area contributed by atoms with Crippen molar-refractivity contribution in [1.29, 1.82) is 0 Å². The molecule has 0 saturated heterocycles. The maximum Gasteiger partial charge on any atom is 0.0795 e. The summed E-state index contributed by atoms with van der Waals surface area (Å²) < 4.78 is 0. The van der Waals surface area contributed by atoms with Crippen LogP contribution in [0.4, 0.5) is 5.69 Å². The topological polar surface area (TPSA) is 38.9 Å². The summed E-state index contributed by atoms with van der Waals surface area (Å²) in [7, 11) is 0. The standard InChI is InChI=1S/C10H9ClN2S2/c11-9-3-7(12)1-2-10(9)15-5-8-4-14-6-13-8/h1-4,6H,5,12H2. The lowest BCUT2D eigenvalue weighted by atomic mass is 10.3. The molecule has 1 aromatic carbocycles. The van der Waals surface area contributed by atoms with E-state index >= 15 is 0 Å². The number of hydrogen-bond acceptors (Lipinski definition) is 4. The van der Waals surface area contributed by atoms with Crippen LogP contribution in [-0.4, -0.2) is 4.98 Å². The SMILES string of the molecule is Nc1ccc(SCc2cscn2)c(Cl)c1. The summed E-state index contributed by atoms with van der Waals surface area (Å²) in [6.45, 7) is 0. The summed E-state index contributed by atoms with van der Waals surface area (Å²) in [4.78, 5) is 5.25. The zero-order valence-corrected chi connectivity index (χ0v) is 10.2. The lowest BCUT2D eigenvalue weighted by Gasteiger charge is -2.03. The molecule has 78 valence electrons. The molecule has 0 unspecified atom stereocenters. The van der Waals surface area contributed by atoms with Crippen LogP contribution in [0.1, 0.15) is 5.69 Å². The van der Waals surface area contributed by atoms with Crippen molar-refractivity contribution < 1.29 is 0 Å². The highest BCUT2D eigenvalue weighted by Crippen LogP contribution is 2.30. The van der Waals surface area contributed by atoms with Gasteiger partial charge in [-0.05, 0) is 18.2 Å². The fourth-order valence-corrected chi connectivity index (χ4v) is 2.93. The Bertz CT molecular complexity index is 443. The number of rotatable bonds is 3. The summed E-state index contributed by atoms with van der Waals surface area (Å²) in [5.41, 5.74) is 9.22. The van der Waals surface area contributed by atoms with E-state index in [1.54, 1.807) is 29.2 Å². The van der Waals surface area contributed by atoms with Gasteiger partial charge in [-0.3, -0.25) is 0 Å². The van der Waals surface area contributed by atoms with Crippen LogP contribution in [0.2, 0.25) is 5.02 Å². The first kappa shape index (κ1) is 10.8. The molecule has 2 nitrogen and oxygen atoms in total. The first-order chi connectivity index (χ1) is 7.25. The molecule has 2 rings (SSSR count). The highest BCUT2D eigenvalue weighted by molar-refractivity contribution is 7.98. The molecular formula is C10H9ClN2S2. The molecule has 0 spiro atoms. The lowest BCUT2D eigenvalue weighted by Crippen LogP contribution is -1.85. The maximum absolute atomic E-state index is 6.05. The molecule has 2 N–H and O–H groups in total. The minimum Gasteiger partial charge on any atom is -0.399 e. The van der Waals surface area contributed by atoms with Gasteiger partial charge in [0.1, 0.15) is 0 Å². The van der Waals surface area contributed by atoms with Gasteiger partial charge >= 0.3 is 0 Å². The largest absolute Gasteiger partial charge is 0.399 e. The van der Waals surface area contributed by atoms with Crippen molar-refractivity contribution >= 4 is 40.4 Å². The third kappa shape index (κ3) is 2.87. The Morgan fingerprint density at radius 3 is 3.00 bits per heavy atom. The molecule has 0 radical (unpaired) electrons. The van der Waals surface area contributed by atoms with Crippen molar-refractivity contribution in [2.24, 2.45) is 0 Å². The van der Waals surface area contributed by atoms with E-state index in [9.17, 15) is 0 Å². The summed E-state index contributed by atoms with van der Waals surface area (Å²) in [5.74, 6) is 0.840. The molecule has 0 atom stereocenters. The first-order valence-electron chi connectivity index (χ1n) is 4.30. The minimum atomic E-state index is 0.693. The number of aromatic nitrogens is 1. The van der Waals surface area contributed by atoms with Gasteiger partial charge in [-0.2, -0.15) is 0 Å². The van der Waals surface area contributed by atoms with Gasteiger partial charge in [-0.25, -0.2) is 4.98 Å². The average Bonchev–Trinajstić information content (AvgIpc) is 2.69. The molecule has 0 aliphatic rings. The normalized spacial score (nSPS) is 10.5. The number of nitrogens with two attached hydrogens (primary N) is 1. The van der Waals surface area contributed by atoms with Crippen LogP contribution in [0.25, 0.3) is 0 Å². The summed E-state index contributed by atoms with van der Waals surface area (Å²) in [5, 5.41) is 2.74. The van der Waals surface area contributed by atoms with Crippen LogP contribution in [0.3, 0.4) is 0 Å². The van der Waals surface area contributed by atoms with Gasteiger partial charge < -0.3 is 5.73 Å². The number of benzene rings is 1. The van der Waals surface area contributed by atoms with E-state index in [-0.39, 0.29) is 0 Å². The summed E-state index contributed by atoms with van der Waals surface area (Å²) >= 11 is 9.33. The summed E-state index contributed by atoms with van der Waals surface area (Å²) in [6.07, 6.45) is 0. The second-order valence-electron chi connectivity index (χ2n) is 2.96. The summed E-state index contributed by atoms with van der Waals surface area (Å²) in [6, 6.07) is 5.56. The Balaban J connectivity index is 2.05. The second-order valence-corrected chi connectivity index (χ2v) is 5.10. The van der Waals surface area contributed by atoms with Crippen molar-refractivity contribution in [2.75, 3.05) is 5.73 Å². The van der Waals surface area contributed by atoms with Gasteiger partial charge in [0.05, 0.1) is 16.2 Å². The number of anilines is 1. The quantitative estimate of drug-likeness (QED) is 0.673. The number of nitrogen functional groups attached to an aromatic ring is 1. The van der Waals surface area contributed by atoms with E-state index in [1.165, 1.54) is 0 Å². The smallest absolute Gasteiger partial charge is 0.0795 e. The number of nitrogens with zero attached hydrogens (tertiary/aromatic N) is 1. The molecular weight excluding hydrogens is 248 g/mol. The van der Waals surface area contributed by atoms with Gasteiger partial charge in [-0.1, -0.05) is 11.6 Å². The Hall–Kier alpha value is -0.710. The number of hydrogen-bond donors (Lipinski definition) is 1. The van der Waals surface area contributed by atoms with Crippen LogP contribution in [0, 0.1) is 0 Å². The average molecular weight is 257 g/mol. The van der Waals surface area contributed by atoms with E-state index in [0.717, 1.165) is 16.3 Å². The number of thioether (sulfide) groups is 1. The predicted molar refractivity (Wildman–Crippen MR) is 67.5 cm³/mol. The molecule has 0 amide bonds. The molecule has 0 aliphatic heterocycles. The van der Waals surface area contributed by atoms with Crippen LogP contribution in [0.15, 0.2) is 34.0 Å². The zero-order valence-electron chi connectivity index (χ0n) is 7.81. The molecule has 0 saturated carbocycles. The fraction of sp³-hybridized carbons (Fsp3) is 0.100. The predicted octanol–water partition coefficient (Wildman–Crippen LogP) is 3.67. The van der Waals surface area contributed by atoms with E-state index < -0.39 is 0 Å². The number of thiazole rings is 1.